The Morgan fingerprint density at radius 1 is 1.17 bits per heavy atom. The van der Waals surface area contributed by atoms with Gasteiger partial charge in [-0.1, -0.05) is 6.07 Å². The van der Waals surface area contributed by atoms with Gasteiger partial charge in [-0.25, -0.2) is 4.98 Å². The molecular formula is C19H25N9O. The number of aromatic nitrogens is 3. The number of nitrogens with two attached hydrogens (primary N) is 1. The number of piperazine rings is 2. The molecule has 0 unspecified atom stereocenters. The summed E-state index contributed by atoms with van der Waals surface area (Å²) in [5.41, 5.74) is 8.65. The van der Waals surface area contributed by atoms with E-state index >= 15 is 0 Å². The lowest BCUT2D eigenvalue weighted by atomic mass is 10.1. The van der Waals surface area contributed by atoms with E-state index in [1.54, 1.807) is 12.4 Å². The Bertz CT molecular complexity index is 909. The predicted octanol–water partition coefficient (Wildman–Crippen LogP) is -0.0822. The normalized spacial score (nSPS) is 17.3. The average molecular weight is 395 g/mol. The van der Waals surface area contributed by atoms with Gasteiger partial charge in [0.25, 0.3) is 0 Å². The molecule has 0 saturated carbocycles. The van der Waals surface area contributed by atoms with E-state index in [1.165, 1.54) is 0 Å². The number of anilines is 2. The van der Waals surface area contributed by atoms with Gasteiger partial charge in [-0.2, -0.15) is 4.98 Å². The van der Waals surface area contributed by atoms with Gasteiger partial charge in [0.2, 0.25) is 11.9 Å². The van der Waals surface area contributed by atoms with Gasteiger partial charge in [-0.3, -0.25) is 15.2 Å². The van der Waals surface area contributed by atoms with E-state index in [2.05, 4.69) is 25.2 Å². The number of rotatable bonds is 2. The third-order valence-electron chi connectivity index (χ3n) is 5.25. The van der Waals surface area contributed by atoms with Crippen LogP contribution in [-0.2, 0) is 4.79 Å². The van der Waals surface area contributed by atoms with Gasteiger partial charge in [0.1, 0.15) is 5.82 Å². The van der Waals surface area contributed by atoms with Crippen LogP contribution in [0.2, 0.25) is 0 Å². The molecule has 29 heavy (non-hydrogen) atoms. The first-order valence-corrected chi connectivity index (χ1v) is 9.67. The van der Waals surface area contributed by atoms with E-state index < -0.39 is 0 Å². The highest BCUT2D eigenvalue weighted by atomic mass is 16.2. The van der Waals surface area contributed by atoms with Gasteiger partial charge in [0.05, 0.1) is 12.2 Å². The molecule has 2 saturated heterocycles. The van der Waals surface area contributed by atoms with Gasteiger partial charge >= 0.3 is 0 Å². The second-order valence-electron chi connectivity index (χ2n) is 7.18. The number of nitrogens with one attached hydrogen (secondary N) is 2. The molecule has 4 rings (SSSR count). The lowest BCUT2D eigenvalue weighted by Gasteiger charge is -2.41. The zero-order valence-corrected chi connectivity index (χ0v) is 16.4. The fourth-order valence-electron chi connectivity index (χ4n) is 3.81. The third kappa shape index (κ3) is 3.91. The van der Waals surface area contributed by atoms with E-state index in [1.807, 2.05) is 28.9 Å². The van der Waals surface area contributed by atoms with Crippen molar-refractivity contribution in [2.75, 3.05) is 56.4 Å². The first-order valence-electron chi connectivity index (χ1n) is 9.67. The summed E-state index contributed by atoms with van der Waals surface area (Å²) in [4.78, 5) is 30.7. The molecule has 4 heterocycles. The second kappa shape index (κ2) is 7.90. The Labute approximate surface area is 169 Å². The van der Waals surface area contributed by atoms with Crippen LogP contribution in [0.5, 0.6) is 0 Å². The monoisotopic (exact) mass is 395 g/mol. The molecule has 0 aliphatic carbocycles. The highest BCUT2D eigenvalue weighted by Crippen LogP contribution is 2.32. The molecule has 10 nitrogen and oxygen atoms in total. The fourth-order valence-corrected chi connectivity index (χ4v) is 3.81. The molecule has 0 bridgehead atoms. The minimum atomic E-state index is -0.0346. The van der Waals surface area contributed by atoms with Gasteiger partial charge < -0.3 is 25.8 Å². The predicted molar refractivity (Wildman–Crippen MR) is 111 cm³/mol. The van der Waals surface area contributed by atoms with Crippen LogP contribution in [0.4, 0.5) is 11.8 Å². The largest absolute Gasteiger partial charge is 0.368 e. The number of hydrogen-bond acceptors (Lipinski definition) is 7. The SMILES string of the molecule is Cc1nc(N)nc(N2CCN(C(=N)N3CCNC(=O)C3)CC2)c1-c1cccnc1. The number of pyridine rings is 1. The van der Waals surface area contributed by atoms with E-state index in [9.17, 15) is 4.79 Å². The van der Waals surface area contributed by atoms with Crippen molar-refractivity contribution >= 4 is 23.6 Å². The second-order valence-corrected chi connectivity index (χ2v) is 7.18. The first-order chi connectivity index (χ1) is 14.0. The van der Waals surface area contributed by atoms with Crippen LogP contribution < -0.4 is 16.0 Å². The van der Waals surface area contributed by atoms with Crippen molar-refractivity contribution in [2.24, 2.45) is 0 Å². The number of amides is 1. The Balaban J connectivity index is 1.52. The van der Waals surface area contributed by atoms with Crippen molar-refractivity contribution in [1.29, 1.82) is 5.41 Å². The molecule has 0 aromatic carbocycles. The van der Waals surface area contributed by atoms with E-state index in [0.29, 0.717) is 45.2 Å². The van der Waals surface area contributed by atoms with Gasteiger partial charge in [0.15, 0.2) is 5.96 Å². The summed E-state index contributed by atoms with van der Waals surface area (Å²) in [6.45, 7) is 6.16. The number of nitrogen functional groups attached to an aromatic ring is 1. The topological polar surface area (TPSA) is 127 Å². The van der Waals surface area contributed by atoms with Crippen molar-refractivity contribution in [2.45, 2.75) is 6.92 Å². The molecule has 2 fully saturated rings. The molecule has 0 radical (unpaired) electrons. The summed E-state index contributed by atoms with van der Waals surface area (Å²) in [5.74, 6) is 1.42. The van der Waals surface area contributed by atoms with Crippen molar-refractivity contribution in [1.82, 2.24) is 30.1 Å². The van der Waals surface area contributed by atoms with Crippen molar-refractivity contribution in [3.8, 4) is 11.1 Å². The summed E-state index contributed by atoms with van der Waals surface area (Å²) in [6.07, 6.45) is 3.54. The summed E-state index contributed by atoms with van der Waals surface area (Å²) >= 11 is 0. The quantitative estimate of drug-likeness (QED) is 0.476. The smallest absolute Gasteiger partial charge is 0.239 e. The first kappa shape index (κ1) is 18.9. The zero-order valence-electron chi connectivity index (χ0n) is 16.4. The van der Waals surface area contributed by atoms with Crippen LogP contribution in [-0.4, -0.2) is 82.4 Å². The number of guanidine groups is 1. The number of hydrogen-bond donors (Lipinski definition) is 3. The molecule has 2 aliphatic heterocycles. The molecular weight excluding hydrogens is 370 g/mol. The molecule has 0 atom stereocenters. The van der Waals surface area contributed by atoms with Gasteiger partial charge in [-0.05, 0) is 13.0 Å². The van der Waals surface area contributed by atoms with E-state index in [0.717, 1.165) is 22.6 Å². The number of carbonyl (C=O) groups is 1. The molecule has 2 aromatic rings. The fraction of sp³-hybridized carbons (Fsp3) is 0.421. The van der Waals surface area contributed by atoms with Crippen molar-refractivity contribution in [3.63, 3.8) is 0 Å². The minimum Gasteiger partial charge on any atom is -0.368 e. The maximum Gasteiger partial charge on any atom is 0.239 e. The summed E-state index contributed by atoms with van der Waals surface area (Å²) in [6, 6.07) is 3.88. The summed E-state index contributed by atoms with van der Waals surface area (Å²) < 4.78 is 0. The van der Waals surface area contributed by atoms with Gasteiger partial charge in [-0.15, -0.1) is 0 Å². The summed E-state index contributed by atoms with van der Waals surface area (Å²) in [7, 11) is 0. The maximum atomic E-state index is 11.6. The molecule has 0 spiro atoms. The lowest BCUT2D eigenvalue weighted by Crippen LogP contribution is -2.58. The van der Waals surface area contributed by atoms with Crippen LogP contribution in [0.25, 0.3) is 11.1 Å². The Morgan fingerprint density at radius 2 is 1.97 bits per heavy atom. The zero-order chi connectivity index (χ0) is 20.4. The Kier molecular flexibility index (Phi) is 5.15. The molecule has 152 valence electrons. The van der Waals surface area contributed by atoms with Crippen LogP contribution in [0.3, 0.4) is 0 Å². The highest BCUT2D eigenvalue weighted by molar-refractivity contribution is 5.86. The molecule has 1 amide bonds. The summed E-state index contributed by atoms with van der Waals surface area (Å²) in [5, 5.41) is 11.3. The van der Waals surface area contributed by atoms with Gasteiger partial charge in [0, 0.05) is 62.8 Å². The maximum absolute atomic E-state index is 11.6. The third-order valence-corrected chi connectivity index (χ3v) is 5.25. The molecule has 2 aromatic heterocycles. The van der Waals surface area contributed by atoms with Crippen LogP contribution in [0.15, 0.2) is 24.5 Å². The van der Waals surface area contributed by atoms with Crippen molar-refractivity contribution in [3.05, 3.63) is 30.2 Å². The van der Waals surface area contributed by atoms with Crippen LogP contribution in [0, 0.1) is 12.3 Å². The van der Waals surface area contributed by atoms with Crippen molar-refractivity contribution < 1.29 is 4.79 Å². The molecule has 10 heteroatoms. The van der Waals surface area contributed by atoms with E-state index in [4.69, 9.17) is 11.1 Å². The highest BCUT2D eigenvalue weighted by Gasteiger charge is 2.28. The van der Waals surface area contributed by atoms with E-state index in [-0.39, 0.29) is 18.4 Å². The average Bonchev–Trinajstić information content (AvgIpc) is 2.73. The Morgan fingerprint density at radius 3 is 2.66 bits per heavy atom. The number of carbonyl (C=O) groups excluding carboxylic acids is 1. The molecule has 4 N–H and O–H groups in total. The molecule has 2 aliphatic rings. The van der Waals surface area contributed by atoms with Crippen LogP contribution in [0.1, 0.15) is 5.69 Å². The number of aryl methyl sites for hydroxylation is 1. The standard InChI is InChI=1S/C19H25N9O/c1-13-16(14-3-2-4-22-11-14)17(25-18(20)24-13)26-7-9-27(10-8-26)19(21)28-6-5-23-15(29)12-28/h2-4,11,21H,5-10,12H2,1H3,(H,23,29)(H2,20,24,25). The number of nitrogens with zero attached hydrogens (tertiary/aromatic N) is 6. The van der Waals surface area contributed by atoms with Crippen LogP contribution >= 0.6 is 0 Å². The minimum absolute atomic E-state index is 0.0346. The lowest BCUT2D eigenvalue weighted by molar-refractivity contribution is -0.123. The Hall–Kier alpha value is -3.43.